The standard InChI is InChI=1S/C21H28F3N5O/c1-2-12-9-15(30-14-5-3-13(4-6-14)21(22,23)24)10-16(12)19(26)29-17-7-8-27-20(17)28-11-18(29)25/h7-8,11-16,25-27H,2-6,9-10H2,1H3/t12-,13-,14+,15-,16-/m1/s1. The molecule has 2 aliphatic carbocycles. The highest BCUT2D eigenvalue weighted by molar-refractivity contribution is 5.91. The van der Waals surface area contributed by atoms with Gasteiger partial charge >= 0.3 is 6.18 Å². The topological polar surface area (TPSA) is 90.5 Å². The highest BCUT2D eigenvalue weighted by atomic mass is 19.4. The largest absolute Gasteiger partial charge is 0.391 e. The lowest BCUT2D eigenvalue weighted by atomic mass is 9.87. The Morgan fingerprint density at radius 1 is 1.23 bits per heavy atom. The third-order valence-corrected chi connectivity index (χ3v) is 6.79. The molecular weight excluding hydrogens is 395 g/mol. The third-order valence-electron chi connectivity index (χ3n) is 6.79. The molecule has 2 aromatic rings. The Balaban J connectivity index is 1.44. The second kappa shape index (κ2) is 8.17. The van der Waals surface area contributed by atoms with E-state index < -0.39 is 12.1 Å². The van der Waals surface area contributed by atoms with Crippen LogP contribution in [0.2, 0.25) is 0 Å². The van der Waals surface area contributed by atoms with E-state index in [1.807, 2.05) is 6.07 Å². The summed E-state index contributed by atoms with van der Waals surface area (Å²) < 4.78 is 46.6. The maximum atomic E-state index is 12.9. The Morgan fingerprint density at radius 3 is 2.63 bits per heavy atom. The fourth-order valence-electron chi connectivity index (χ4n) is 5.14. The van der Waals surface area contributed by atoms with Crippen molar-refractivity contribution in [3.8, 4) is 0 Å². The number of alkyl halides is 3. The van der Waals surface area contributed by atoms with Crippen molar-refractivity contribution in [1.82, 2.24) is 14.5 Å². The molecule has 2 aromatic heterocycles. The predicted octanol–water partition coefficient (Wildman–Crippen LogP) is 4.61. The number of nitrogens with one attached hydrogen (secondary N) is 3. The van der Waals surface area contributed by atoms with E-state index in [-0.39, 0.29) is 42.4 Å². The molecule has 9 heteroatoms. The predicted molar refractivity (Wildman–Crippen MR) is 106 cm³/mol. The van der Waals surface area contributed by atoms with Crippen molar-refractivity contribution in [3.05, 3.63) is 23.9 Å². The number of fused-ring (bicyclic) bond motifs is 1. The molecule has 2 saturated carbocycles. The van der Waals surface area contributed by atoms with Gasteiger partial charge in [0.2, 0.25) is 0 Å². The number of nitrogens with zero attached hydrogens (tertiary/aromatic N) is 2. The van der Waals surface area contributed by atoms with Crippen molar-refractivity contribution in [1.29, 1.82) is 10.8 Å². The normalized spacial score (nSPS) is 30.1. The summed E-state index contributed by atoms with van der Waals surface area (Å²) in [6, 6.07) is 1.82. The molecule has 3 atom stereocenters. The molecule has 2 fully saturated rings. The molecule has 0 bridgehead atoms. The van der Waals surface area contributed by atoms with E-state index in [2.05, 4.69) is 16.9 Å². The molecule has 0 saturated heterocycles. The number of ether oxygens (including phenoxy) is 1. The summed E-state index contributed by atoms with van der Waals surface area (Å²) in [5.41, 5.74) is 1.50. The van der Waals surface area contributed by atoms with Gasteiger partial charge in [-0.2, -0.15) is 13.2 Å². The van der Waals surface area contributed by atoms with Crippen molar-refractivity contribution >= 4 is 17.0 Å². The number of hydrogen-bond donors (Lipinski definition) is 3. The van der Waals surface area contributed by atoms with Crippen LogP contribution in [0.3, 0.4) is 0 Å². The van der Waals surface area contributed by atoms with Crippen LogP contribution in [0, 0.1) is 28.6 Å². The van der Waals surface area contributed by atoms with Crippen LogP contribution >= 0.6 is 0 Å². The third kappa shape index (κ3) is 4.04. The Morgan fingerprint density at radius 2 is 1.97 bits per heavy atom. The van der Waals surface area contributed by atoms with Crippen LogP contribution in [0.15, 0.2) is 18.5 Å². The van der Waals surface area contributed by atoms with Crippen molar-refractivity contribution in [2.75, 3.05) is 0 Å². The van der Waals surface area contributed by atoms with Crippen LogP contribution in [0.5, 0.6) is 0 Å². The lowest BCUT2D eigenvalue weighted by molar-refractivity contribution is -0.189. The van der Waals surface area contributed by atoms with Crippen LogP contribution in [0.1, 0.15) is 51.9 Å². The van der Waals surface area contributed by atoms with Crippen LogP contribution in [-0.2, 0) is 4.74 Å². The van der Waals surface area contributed by atoms with Gasteiger partial charge in [0.1, 0.15) is 11.3 Å². The van der Waals surface area contributed by atoms with Crippen molar-refractivity contribution < 1.29 is 17.9 Å². The Labute approximate surface area is 172 Å². The molecule has 0 amide bonds. The first kappa shape index (κ1) is 21.1. The summed E-state index contributed by atoms with van der Waals surface area (Å²) >= 11 is 0. The van der Waals surface area contributed by atoms with E-state index in [0.29, 0.717) is 36.3 Å². The average molecular weight is 423 g/mol. The van der Waals surface area contributed by atoms with Crippen molar-refractivity contribution in [3.63, 3.8) is 0 Å². The Hall–Kier alpha value is -2.16. The van der Waals surface area contributed by atoms with E-state index in [1.54, 1.807) is 10.8 Å². The zero-order chi connectivity index (χ0) is 21.5. The van der Waals surface area contributed by atoms with Gasteiger partial charge in [0.05, 0.1) is 29.8 Å². The molecule has 4 rings (SSSR count). The molecule has 6 nitrogen and oxygen atoms in total. The van der Waals surface area contributed by atoms with Gasteiger partial charge in [-0.05, 0) is 50.5 Å². The fraction of sp³-hybridized carbons (Fsp3) is 0.667. The summed E-state index contributed by atoms with van der Waals surface area (Å²) in [4.78, 5) is 7.22. The molecule has 2 heterocycles. The maximum absolute atomic E-state index is 12.9. The number of aromatic nitrogens is 3. The average Bonchev–Trinajstić information content (AvgIpc) is 3.34. The molecule has 164 valence electrons. The molecule has 0 aliphatic heterocycles. The van der Waals surface area contributed by atoms with Crippen molar-refractivity contribution in [2.45, 2.75) is 70.3 Å². The summed E-state index contributed by atoms with van der Waals surface area (Å²) in [6.45, 7) is 2.09. The number of halogens is 3. The first-order valence-corrected chi connectivity index (χ1v) is 10.7. The van der Waals surface area contributed by atoms with Crippen LogP contribution in [0.25, 0.3) is 11.2 Å². The molecule has 2 aliphatic rings. The molecule has 0 spiro atoms. The van der Waals surface area contributed by atoms with Gasteiger partial charge in [-0.15, -0.1) is 0 Å². The quantitative estimate of drug-likeness (QED) is 0.495. The monoisotopic (exact) mass is 423 g/mol. The van der Waals surface area contributed by atoms with Gasteiger partial charge in [-0.25, -0.2) is 4.98 Å². The number of rotatable bonds is 4. The van der Waals surface area contributed by atoms with Gasteiger partial charge in [0, 0.05) is 12.1 Å². The molecular formula is C21H28F3N5O. The second-order valence-corrected chi connectivity index (χ2v) is 8.60. The first-order chi connectivity index (χ1) is 14.3. The van der Waals surface area contributed by atoms with Gasteiger partial charge in [0.25, 0.3) is 0 Å². The van der Waals surface area contributed by atoms with E-state index >= 15 is 0 Å². The molecule has 0 unspecified atom stereocenters. The fourth-order valence-corrected chi connectivity index (χ4v) is 5.14. The SMILES string of the molecule is CC[C@@H]1C[C@@H](O[C@H]2CC[C@@H](C(F)(F)F)CC2)C[C@H]1C(=N)n1c(=N)cnc2[nH]ccc21. The summed E-state index contributed by atoms with van der Waals surface area (Å²) in [6.07, 6.45) is 2.42. The van der Waals surface area contributed by atoms with Crippen LogP contribution in [-0.4, -0.2) is 38.8 Å². The minimum atomic E-state index is -4.11. The molecule has 3 N–H and O–H groups in total. The smallest absolute Gasteiger partial charge is 0.375 e. The van der Waals surface area contributed by atoms with Crippen LogP contribution < -0.4 is 5.49 Å². The first-order valence-electron chi connectivity index (χ1n) is 10.7. The van der Waals surface area contributed by atoms with Gasteiger partial charge in [0.15, 0.2) is 5.65 Å². The second-order valence-electron chi connectivity index (χ2n) is 8.60. The highest BCUT2D eigenvalue weighted by Crippen LogP contribution is 2.41. The summed E-state index contributed by atoms with van der Waals surface area (Å²) in [5.74, 6) is -0.637. The molecule has 30 heavy (non-hydrogen) atoms. The van der Waals surface area contributed by atoms with Crippen LogP contribution in [0.4, 0.5) is 13.2 Å². The maximum Gasteiger partial charge on any atom is 0.391 e. The lowest BCUT2D eigenvalue weighted by Gasteiger charge is -2.31. The number of aromatic amines is 1. The minimum absolute atomic E-state index is 0.0499. The summed E-state index contributed by atoms with van der Waals surface area (Å²) in [7, 11) is 0. The highest BCUT2D eigenvalue weighted by Gasteiger charge is 2.43. The Kier molecular flexibility index (Phi) is 5.74. The molecule has 0 radical (unpaired) electrons. The van der Waals surface area contributed by atoms with Crippen molar-refractivity contribution in [2.24, 2.45) is 17.8 Å². The van der Waals surface area contributed by atoms with Gasteiger partial charge in [-0.1, -0.05) is 13.3 Å². The zero-order valence-electron chi connectivity index (χ0n) is 17.0. The van der Waals surface area contributed by atoms with E-state index in [9.17, 15) is 13.2 Å². The molecule has 0 aromatic carbocycles. The van der Waals surface area contributed by atoms with Gasteiger partial charge < -0.3 is 9.72 Å². The zero-order valence-corrected chi connectivity index (χ0v) is 17.0. The Bertz CT molecular complexity index is 957. The minimum Gasteiger partial charge on any atom is -0.375 e. The van der Waals surface area contributed by atoms with Gasteiger partial charge in [-0.3, -0.25) is 15.4 Å². The number of H-pyrrole nitrogens is 1. The summed E-state index contributed by atoms with van der Waals surface area (Å²) in [5, 5.41) is 17.1. The number of hydrogen-bond acceptors (Lipinski definition) is 4. The van der Waals surface area contributed by atoms with E-state index in [1.165, 1.54) is 6.20 Å². The van der Waals surface area contributed by atoms with E-state index in [4.69, 9.17) is 15.6 Å². The van der Waals surface area contributed by atoms with E-state index in [0.717, 1.165) is 12.8 Å². The lowest BCUT2D eigenvalue weighted by Crippen LogP contribution is -2.34.